The van der Waals surface area contributed by atoms with Gasteiger partial charge in [-0.2, -0.15) is 0 Å². The van der Waals surface area contributed by atoms with Gasteiger partial charge in [0.05, 0.1) is 11.3 Å². The molecule has 1 unspecified atom stereocenters. The van der Waals surface area contributed by atoms with Crippen LogP contribution < -0.4 is 10.6 Å². The Hall–Kier alpha value is -1.95. The van der Waals surface area contributed by atoms with E-state index in [1.54, 1.807) is 0 Å². The van der Waals surface area contributed by atoms with Crippen molar-refractivity contribution in [3.8, 4) is 0 Å². The highest BCUT2D eigenvalue weighted by Gasteiger charge is 2.15. The number of nitrogens with one attached hydrogen (secondary N) is 2. The summed E-state index contributed by atoms with van der Waals surface area (Å²) in [6.45, 7) is 0.984. The molecule has 0 spiro atoms. The molecule has 1 saturated heterocycles. The van der Waals surface area contributed by atoms with Gasteiger partial charge in [-0.05, 0) is 44.0 Å². The number of aromatic carboxylic acids is 1. The Balaban J connectivity index is 1.85. The average Bonchev–Trinajstić information content (AvgIpc) is 2.48. The van der Waals surface area contributed by atoms with Crippen molar-refractivity contribution in [3.63, 3.8) is 0 Å². The Morgan fingerprint density at radius 1 is 1.38 bits per heavy atom. The van der Waals surface area contributed by atoms with Crippen molar-refractivity contribution in [1.29, 1.82) is 0 Å². The van der Waals surface area contributed by atoms with Gasteiger partial charge in [-0.1, -0.05) is 6.42 Å². The third-order valence-corrected chi connectivity index (χ3v) is 3.62. The number of carbonyl (C=O) groups excluding carboxylic acids is 1. The van der Waals surface area contributed by atoms with Gasteiger partial charge in [0.25, 0.3) is 0 Å². The average molecular weight is 294 g/mol. The second-order valence-corrected chi connectivity index (χ2v) is 5.23. The van der Waals surface area contributed by atoms with Gasteiger partial charge >= 0.3 is 5.97 Å². The van der Waals surface area contributed by atoms with Crippen molar-refractivity contribution < 1.29 is 19.1 Å². The zero-order valence-corrected chi connectivity index (χ0v) is 11.7. The predicted octanol–water partition coefficient (Wildman–Crippen LogP) is 2.38. The zero-order chi connectivity index (χ0) is 15.2. The van der Waals surface area contributed by atoms with E-state index in [-0.39, 0.29) is 17.2 Å². The number of benzene rings is 1. The highest BCUT2D eigenvalue weighted by molar-refractivity contribution is 5.92. The molecule has 1 fully saturated rings. The number of hydrogen-bond acceptors (Lipinski definition) is 3. The van der Waals surface area contributed by atoms with Gasteiger partial charge < -0.3 is 15.7 Å². The van der Waals surface area contributed by atoms with E-state index in [1.807, 2.05) is 0 Å². The first-order valence-electron chi connectivity index (χ1n) is 7.12. The minimum Gasteiger partial charge on any atom is -0.478 e. The van der Waals surface area contributed by atoms with Crippen LogP contribution in [0, 0.1) is 5.82 Å². The molecular weight excluding hydrogens is 275 g/mol. The Morgan fingerprint density at radius 3 is 2.81 bits per heavy atom. The maximum Gasteiger partial charge on any atom is 0.335 e. The van der Waals surface area contributed by atoms with Crippen molar-refractivity contribution in [1.82, 2.24) is 5.32 Å². The number of halogens is 1. The summed E-state index contributed by atoms with van der Waals surface area (Å²) in [6.07, 6.45) is 4.45. The minimum absolute atomic E-state index is 0.0154. The van der Waals surface area contributed by atoms with Gasteiger partial charge in [-0.15, -0.1) is 0 Å². The SMILES string of the molecule is O=C(CCC1CCCCN1)Nc1ccc(C(=O)O)cc1F. The van der Waals surface area contributed by atoms with Crippen LogP contribution in [0.5, 0.6) is 0 Å². The van der Waals surface area contributed by atoms with Gasteiger partial charge in [-0.25, -0.2) is 9.18 Å². The minimum atomic E-state index is -1.20. The first kappa shape index (κ1) is 15.4. The molecule has 1 heterocycles. The fourth-order valence-corrected chi connectivity index (χ4v) is 2.44. The Bertz CT molecular complexity index is 528. The van der Waals surface area contributed by atoms with E-state index in [4.69, 9.17) is 5.11 Å². The van der Waals surface area contributed by atoms with Crippen molar-refractivity contribution in [2.24, 2.45) is 0 Å². The number of piperidine rings is 1. The fourth-order valence-electron chi connectivity index (χ4n) is 2.44. The second-order valence-electron chi connectivity index (χ2n) is 5.23. The molecule has 0 radical (unpaired) electrons. The quantitative estimate of drug-likeness (QED) is 0.779. The fraction of sp³-hybridized carbons (Fsp3) is 0.467. The van der Waals surface area contributed by atoms with Gasteiger partial charge in [0, 0.05) is 12.5 Å². The van der Waals surface area contributed by atoms with E-state index in [0.29, 0.717) is 12.5 Å². The smallest absolute Gasteiger partial charge is 0.335 e. The first-order valence-corrected chi connectivity index (χ1v) is 7.12. The molecule has 1 aliphatic heterocycles. The van der Waals surface area contributed by atoms with Crippen LogP contribution in [-0.4, -0.2) is 29.6 Å². The molecule has 2 rings (SSSR count). The van der Waals surface area contributed by atoms with E-state index >= 15 is 0 Å². The lowest BCUT2D eigenvalue weighted by atomic mass is 10.0. The highest BCUT2D eigenvalue weighted by Crippen LogP contribution is 2.17. The number of anilines is 1. The maximum absolute atomic E-state index is 13.7. The predicted molar refractivity (Wildman–Crippen MR) is 76.9 cm³/mol. The van der Waals surface area contributed by atoms with Crippen LogP contribution in [-0.2, 0) is 4.79 Å². The Labute approximate surface area is 122 Å². The van der Waals surface area contributed by atoms with E-state index in [9.17, 15) is 14.0 Å². The summed E-state index contributed by atoms with van der Waals surface area (Å²) in [7, 11) is 0. The molecule has 21 heavy (non-hydrogen) atoms. The largest absolute Gasteiger partial charge is 0.478 e. The van der Waals surface area contributed by atoms with Gasteiger partial charge in [0.15, 0.2) is 0 Å². The molecule has 3 N–H and O–H groups in total. The summed E-state index contributed by atoms with van der Waals surface area (Å²) in [4.78, 5) is 22.5. The molecule has 1 amide bonds. The third-order valence-electron chi connectivity index (χ3n) is 3.62. The van der Waals surface area contributed by atoms with Crippen LogP contribution in [0.1, 0.15) is 42.5 Å². The molecule has 1 aromatic carbocycles. The summed E-state index contributed by atoms with van der Waals surface area (Å²) in [5.41, 5.74) is -0.126. The monoisotopic (exact) mass is 294 g/mol. The van der Waals surface area contributed by atoms with E-state index < -0.39 is 11.8 Å². The molecule has 1 aliphatic rings. The van der Waals surface area contributed by atoms with Crippen LogP contribution in [0.3, 0.4) is 0 Å². The van der Waals surface area contributed by atoms with Gasteiger partial charge in [0.2, 0.25) is 5.91 Å². The van der Waals surface area contributed by atoms with Crippen molar-refractivity contribution in [2.45, 2.75) is 38.1 Å². The van der Waals surface area contributed by atoms with Crippen molar-refractivity contribution in [3.05, 3.63) is 29.6 Å². The highest BCUT2D eigenvalue weighted by atomic mass is 19.1. The lowest BCUT2D eigenvalue weighted by Crippen LogP contribution is -2.34. The van der Waals surface area contributed by atoms with Gasteiger partial charge in [-0.3, -0.25) is 4.79 Å². The normalized spacial score (nSPS) is 18.2. The first-order chi connectivity index (χ1) is 10.1. The summed E-state index contributed by atoms with van der Waals surface area (Å²) in [6, 6.07) is 3.80. The summed E-state index contributed by atoms with van der Waals surface area (Å²) in [5, 5.41) is 14.6. The standard InChI is InChI=1S/C15H19FN2O3/c16-12-9-10(15(20)21)4-6-13(12)18-14(19)7-5-11-3-1-2-8-17-11/h4,6,9,11,17H,1-3,5,7-8H2,(H,18,19)(H,20,21). The van der Waals surface area contributed by atoms with E-state index in [0.717, 1.165) is 25.5 Å². The van der Waals surface area contributed by atoms with E-state index in [2.05, 4.69) is 10.6 Å². The number of carboxylic acids is 1. The molecule has 0 aromatic heterocycles. The lowest BCUT2D eigenvalue weighted by Gasteiger charge is -2.23. The van der Waals surface area contributed by atoms with Crippen molar-refractivity contribution >= 4 is 17.6 Å². The molecule has 1 atom stereocenters. The topological polar surface area (TPSA) is 78.4 Å². The number of rotatable bonds is 5. The number of hydrogen-bond donors (Lipinski definition) is 3. The van der Waals surface area contributed by atoms with Crippen LogP contribution in [0.15, 0.2) is 18.2 Å². The zero-order valence-electron chi connectivity index (χ0n) is 11.7. The maximum atomic E-state index is 13.7. The lowest BCUT2D eigenvalue weighted by molar-refractivity contribution is -0.116. The molecule has 5 nitrogen and oxygen atoms in total. The van der Waals surface area contributed by atoms with Crippen LogP contribution in [0.2, 0.25) is 0 Å². The van der Waals surface area contributed by atoms with Crippen LogP contribution in [0.4, 0.5) is 10.1 Å². The van der Waals surface area contributed by atoms with Crippen molar-refractivity contribution in [2.75, 3.05) is 11.9 Å². The summed E-state index contributed by atoms with van der Waals surface area (Å²) >= 11 is 0. The molecule has 0 aliphatic carbocycles. The number of carbonyl (C=O) groups is 2. The Kier molecular flexibility index (Phi) is 5.27. The molecule has 0 saturated carbocycles. The summed E-state index contributed by atoms with van der Waals surface area (Å²) in [5.74, 6) is -2.20. The van der Waals surface area contributed by atoms with Crippen LogP contribution in [0.25, 0.3) is 0 Å². The molecule has 1 aromatic rings. The number of amides is 1. The number of carboxylic acid groups (broad SMARTS) is 1. The Morgan fingerprint density at radius 2 is 2.19 bits per heavy atom. The molecule has 114 valence electrons. The molecule has 0 bridgehead atoms. The third kappa shape index (κ3) is 4.53. The second kappa shape index (κ2) is 7.17. The summed E-state index contributed by atoms with van der Waals surface area (Å²) < 4.78 is 13.7. The van der Waals surface area contributed by atoms with E-state index in [1.165, 1.54) is 25.0 Å². The molecular formula is C15H19FN2O3. The van der Waals surface area contributed by atoms with Crippen LogP contribution >= 0.6 is 0 Å². The van der Waals surface area contributed by atoms with Gasteiger partial charge in [0.1, 0.15) is 5.82 Å². The molecule has 6 heteroatoms.